The molecule has 1 aliphatic rings. The molecule has 0 aliphatic carbocycles. The Hall–Kier alpha value is -0.610. The molecular weight excluding hydrogens is 230 g/mol. The minimum absolute atomic E-state index is 0.529. The number of halogens is 1. The Morgan fingerprint density at radius 3 is 3.15 bits per heavy atom. The molecule has 70 valence electrons. The van der Waals surface area contributed by atoms with Crippen LogP contribution in [0.1, 0.15) is 6.42 Å². The van der Waals surface area contributed by atoms with E-state index in [4.69, 9.17) is 0 Å². The molecule has 1 unspecified atom stereocenters. The van der Waals surface area contributed by atoms with E-state index in [1.54, 1.807) is 0 Å². The zero-order valence-electron chi connectivity index (χ0n) is 7.26. The number of aromatic nitrogens is 1. The maximum atomic E-state index is 4.31. The summed E-state index contributed by atoms with van der Waals surface area (Å²) in [6, 6.07) is 6.44. The van der Waals surface area contributed by atoms with Crippen molar-refractivity contribution in [2.75, 3.05) is 18.4 Å². The van der Waals surface area contributed by atoms with Crippen LogP contribution in [0.15, 0.2) is 22.8 Å². The van der Waals surface area contributed by atoms with E-state index in [9.17, 15) is 0 Å². The average molecular weight is 242 g/mol. The summed E-state index contributed by atoms with van der Waals surface area (Å²) >= 11 is 3.34. The van der Waals surface area contributed by atoms with E-state index in [-0.39, 0.29) is 0 Å². The monoisotopic (exact) mass is 241 g/mol. The van der Waals surface area contributed by atoms with E-state index in [0.717, 1.165) is 23.5 Å². The van der Waals surface area contributed by atoms with Gasteiger partial charge in [-0.3, -0.25) is 0 Å². The SMILES string of the molecule is Brc1cccc(NC2CCNC2)n1. The van der Waals surface area contributed by atoms with Crippen molar-refractivity contribution in [2.45, 2.75) is 12.5 Å². The van der Waals surface area contributed by atoms with Crippen LogP contribution >= 0.6 is 15.9 Å². The summed E-state index contributed by atoms with van der Waals surface area (Å²) in [5, 5.41) is 6.68. The highest BCUT2D eigenvalue weighted by Gasteiger charge is 2.13. The van der Waals surface area contributed by atoms with Gasteiger partial charge in [0.2, 0.25) is 0 Å². The molecule has 3 nitrogen and oxygen atoms in total. The van der Waals surface area contributed by atoms with E-state index in [1.807, 2.05) is 18.2 Å². The van der Waals surface area contributed by atoms with Crippen molar-refractivity contribution in [3.63, 3.8) is 0 Å². The van der Waals surface area contributed by atoms with Gasteiger partial charge in [0.05, 0.1) is 0 Å². The minimum atomic E-state index is 0.529. The fourth-order valence-corrected chi connectivity index (χ4v) is 1.82. The first-order valence-corrected chi connectivity index (χ1v) is 5.24. The van der Waals surface area contributed by atoms with E-state index in [0.29, 0.717) is 6.04 Å². The fraction of sp³-hybridized carbons (Fsp3) is 0.444. The number of rotatable bonds is 2. The summed E-state index contributed by atoms with van der Waals surface area (Å²) in [6.45, 7) is 2.14. The lowest BCUT2D eigenvalue weighted by Crippen LogP contribution is -2.22. The van der Waals surface area contributed by atoms with E-state index in [1.165, 1.54) is 6.42 Å². The molecule has 0 saturated carbocycles. The second-order valence-corrected chi connectivity index (χ2v) is 3.99. The molecule has 1 saturated heterocycles. The van der Waals surface area contributed by atoms with Gasteiger partial charge in [0.15, 0.2) is 0 Å². The Kier molecular flexibility index (Phi) is 2.80. The van der Waals surface area contributed by atoms with E-state index < -0.39 is 0 Å². The van der Waals surface area contributed by atoms with Crippen LogP contribution in [0.5, 0.6) is 0 Å². The number of nitrogens with zero attached hydrogens (tertiary/aromatic N) is 1. The molecule has 2 N–H and O–H groups in total. The molecule has 0 spiro atoms. The Balaban J connectivity index is 2.00. The van der Waals surface area contributed by atoms with Crippen LogP contribution in [-0.4, -0.2) is 24.1 Å². The summed E-state index contributed by atoms with van der Waals surface area (Å²) < 4.78 is 0.878. The van der Waals surface area contributed by atoms with Crippen LogP contribution in [0.3, 0.4) is 0 Å². The van der Waals surface area contributed by atoms with Crippen molar-refractivity contribution < 1.29 is 0 Å². The van der Waals surface area contributed by atoms with Gasteiger partial charge >= 0.3 is 0 Å². The van der Waals surface area contributed by atoms with E-state index >= 15 is 0 Å². The summed E-state index contributed by atoms with van der Waals surface area (Å²) in [6.07, 6.45) is 1.17. The van der Waals surface area contributed by atoms with Crippen molar-refractivity contribution in [3.05, 3.63) is 22.8 Å². The van der Waals surface area contributed by atoms with Crippen LogP contribution in [0.4, 0.5) is 5.82 Å². The first-order valence-electron chi connectivity index (χ1n) is 4.44. The lowest BCUT2D eigenvalue weighted by Gasteiger charge is -2.11. The number of hydrogen-bond donors (Lipinski definition) is 2. The van der Waals surface area contributed by atoms with Crippen LogP contribution in [0, 0.1) is 0 Å². The maximum Gasteiger partial charge on any atom is 0.127 e. The highest BCUT2D eigenvalue weighted by molar-refractivity contribution is 9.10. The van der Waals surface area contributed by atoms with Gasteiger partial charge in [-0.2, -0.15) is 0 Å². The average Bonchev–Trinajstić information content (AvgIpc) is 2.57. The third-order valence-electron chi connectivity index (χ3n) is 2.13. The quantitative estimate of drug-likeness (QED) is 0.774. The van der Waals surface area contributed by atoms with Gasteiger partial charge < -0.3 is 10.6 Å². The number of pyridine rings is 1. The molecule has 1 fully saturated rings. The van der Waals surface area contributed by atoms with Gasteiger partial charge in [-0.05, 0) is 41.0 Å². The number of nitrogens with one attached hydrogen (secondary N) is 2. The van der Waals surface area contributed by atoms with Crippen molar-refractivity contribution >= 4 is 21.7 Å². The molecule has 1 aromatic rings. The summed E-state index contributed by atoms with van der Waals surface area (Å²) in [4.78, 5) is 4.31. The molecule has 0 radical (unpaired) electrons. The highest BCUT2D eigenvalue weighted by atomic mass is 79.9. The van der Waals surface area contributed by atoms with Crippen molar-refractivity contribution in [1.29, 1.82) is 0 Å². The summed E-state index contributed by atoms with van der Waals surface area (Å²) in [7, 11) is 0. The molecule has 0 amide bonds. The second kappa shape index (κ2) is 4.07. The van der Waals surface area contributed by atoms with Crippen molar-refractivity contribution in [2.24, 2.45) is 0 Å². The molecule has 4 heteroatoms. The van der Waals surface area contributed by atoms with Crippen LogP contribution < -0.4 is 10.6 Å². The predicted octanol–water partition coefficient (Wildman–Crippen LogP) is 1.62. The molecule has 1 atom stereocenters. The van der Waals surface area contributed by atoms with Crippen molar-refractivity contribution in [1.82, 2.24) is 10.3 Å². The molecule has 2 rings (SSSR count). The third kappa shape index (κ3) is 2.42. The normalized spacial score (nSPS) is 21.8. The molecule has 1 aromatic heterocycles. The van der Waals surface area contributed by atoms with Gasteiger partial charge in [-0.15, -0.1) is 0 Å². The molecule has 1 aliphatic heterocycles. The topological polar surface area (TPSA) is 37.0 Å². The highest BCUT2D eigenvalue weighted by Crippen LogP contribution is 2.12. The molecule has 13 heavy (non-hydrogen) atoms. The first kappa shape index (κ1) is 8.97. The van der Waals surface area contributed by atoms with Gasteiger partial charge in [0.1, 0.15) is 10.4 Å². The maximum absolute atomic E-state index is 4.31. The first-order chi connectivity index (χ1) is 6.34. The largest absolute Gasteiger partial charge is 0.366 e. The standard InChI is InChI=1S/C9H12BrN3/c10-8-2-1-3-9(13-8)12-7-4-5-11-6-7/h1-3,7,11H,4-6H2,(H,12,13). The zero-order valence-corrected chi connectivity index (χ0v) is 8.84. The fourth-order valence-electron chi connectivity index (χ4n) is 1.48. The molecule has 0 bridgehead atoms. The van der Waals surface area contributed by atoms with Crippen LogP contribution in [-0.2, 0) is 0 Å². The smallest absolute Gasteiger partial charge is 0.127 e. The Morgan fingerprint density at radius 2 is 2.46 bits per heavy atom. The second-order valence-electron chi connectivity index (χ2n) is 3.18. The molecule has 0 aromatic carbocycles. The third-order valence-corrected chi connectivity index (χ3v) is 2.57. The van der Waals surface area contributed by atoms with Gasteiger partial charge in [-0.25, -0.2) is 4.98 Å². The minimum Gasteiger partial charge on any atom is -0.366 e. The Labute approximate surface area is 86.1 Å². The van der Waals surface area contributed by atoms with Gasteiger partial charge in [-0.1, -0.05) is 6.07 Å². The van der Waals surface area contributed by atoms with Gasteiger partial charge in [0.25, 0.3) is 0 Å². The molecular formula is C9H12BrN3. The zero-order chi connectivity index (χ0) is 9.10. The summed E-state index contributed by atoms with van der Waals surface area (Å²) in [5.74, 6) is 0.947. The number of anilines is 1. The van der Waals surface area contributed by atoms with Crippen LogP contribution in [0.25, 0.3) is 0 Å². The van der Waals surface area contributed by atoms with Gasteiger partial charge in [0, 0.05) is 12.6 Å². The Morgan fingerprint density at radius 1 is 1.54 bits per heavy atom. The summed E-state index contributed by atoms with van der Waals surface area (Å²) in [5.41, 5.74) is 0. The van der Waals surface area contributed by atoms with Crippen molar-refractivity contribution in [3.8, 4) is 0 Å². The predicted molar refractivity (Wildman–Crippen MR) is 56.8 cm³/mol. The van der Waals surface area contributed by atoms with Crippen LogP contribution in [0.2, 0.25) is 0 Å². The van der Waals surface area contributed by atoms with E-state index in [2.05, 4.69) is 31.5 Å². The Bertz CT molecular complexity index is 284. The lowest BCUT2D eigenvalue weighted by atomic mass is 10.2. The number of hydrogen-bond acceptors (Lipinski definition) is 3. The lowest BCUT2D eigenvalue weighted by molar-refractivity contribution is 0.787. The molecule has 2 heterocycles.